The highest BCUT2D eigenvalue weighted by Gasteiger charge is 2.25. The van der Waals surface area contributed by atoms with E-state index >= 15 is 0 Å². The summed E-state index contributed by atoms with van der Waals surface area (Å²) in [4.78, 5) is 35.3. The van der Waals surface area contributed by atoms with Crippen molar-refractivity contribution in [2.24, 2.45) is 5.92 Å². The first-order valence-electron chi connectivity index (χ1n) is 7.89. The van der Waals surface area contributed by atoms with E-state index in [1.807, 2.05) is 13.8 Å². The third-order valence-corrected chi connectivity index (χ3v) is 3.58. The lowest BCUT2D eigenvalue weighted by Crippen LogP contribution is -2.38. The number of nitro benzene ring substituents is 1. The molecule has 1 amide bonds. The summed E-state index contributed by atoms with van der Waals surface area (Å²) in [5, 5.41) is 27.7. The zero-order valence-corrected chi connectivity index (χ0v) is 14.6. The second kappa shape index (κ2) is 7.72. The molecule has 138 valence electrons. The summed E-state index contributed by atoms with van der Waals surface area (Å²) in [7, 11) is 0. The van der Waals surface area contributed by atoms with Gasteiger partial charge in [0.15, 0.2) is 5.69 Å². The molecule has 10 nitrogen and oxygen atoms in total. The Balaban J connectivity index is 2.37. The van der Waals surface area contributed by atoms with Gasteiger partial charge in [0.25, 0.3) is 11.6 Å². The molecule has 2 rings (SSSR count). The molecule has 0 saturated carbocycles. The molecule has 2 aromatic rings. The molecule has 0 radical (unpaired) electrons. The molecule has 1 N–H and O–H groups in total. The molecule has 26 heavy (non-hydrogen) atoms. The van der Waals surface area contributed by atoms with Crippen molar-refractivity contribution in [3.63, 3.8) is 0 Å². The lowest BCUT2D eigenvalue weighted by molar-refractivity contribution is -0.384. The summed E-state index contributed by atoms with van der Waals surface area (Å²) in [5.41, 5.74) is 0.655. The number of carbonyl (C=O) groups excluding carboxylic acids is 1. The second-order valence-corrected chi connectivity index (χ2v) is 6.19. The average molecular weight is 361 g/mol. The van der Waals surface area contributed by atoms with E-state index in [0.717, 1.165) is 0 Å². The standard InChI is InChI=1S/C16H19N5O5/c1-10(2)8-19(9-14(22)23)16(24)15-11(3)20(18-17-15)12-5-4-6-13(7-12)21(25)26/h4-7,10H,8-9H2,1-3H3,(H,22,23). The van der Waals surface area contributed by atoms with Crippen LogP contribution in [0.5, 0.6) is 0 Å². The van der Waals surface area contributed by atoms with Gasteiger partial charge in [0.1, 0.15) is 6.54 Å². The number of nitrogens with zero attached hydrogens (tertiary/aromatic N) is 5. The van der Waals surface area contributed by atoms with Gasteiger partial charge in [-0.15, -0.1) is 5.10 Å². The lowest BCUT2D eigenvalue weighted by atomic mass is 10.2. The highest BCUT2D eigenvalue weighted by molar-refractivity contribution is 5.95. The van der Waals surface area contributed by atoms with Crippen LogP contribution in [-0.2, 0) is 4.79 Å². The zero-order valence-electron chi connectivity index (χ0n) is 14.6. The van der Waals surface area contributed by atoms with Gasteiger partial charge in [-0.3, -0.25) is 19.7 Å². The molecule has 1 aromatic heterocycles. The minimum atomic E-state index is -1.12. The van der Waals surface area contributed by atoms with E-state index in [1.165, 1.54) is 27.8 Å². The molecule has 1 aromatic carbocycles. The van der Waals surface area contributed by atoms with Crippen LogP contribution in [0.2, 0.25) is 0 Å². The molecule has 0 aliphatic rings. The first kappa shape index (κ1) is 19.0. The van der Waals surface area contributed by atoms with Crippen LogP contribution >= 0.6 is 0 Å². The summed E-state index contributed by atoms with van der Waals surface area (Å²) in [5.74, 6) is -1.59. The minimum Gasteiger partial charge on any atom is -0.480 e. The number of nitro groups is 1. The van der Waals surface area contributed by atoms with Gasteiger partial charge in [-0.2, -0.15) is 0 Å². The van der Waals surface area contributed by atoms with Gasteiger partial charge in [-0.1, -0.05) is 25.1 Å². The predicted octanol–water partition coefficient (Wildman–Crippen LogP) is 1.67. The number of carboxylic acids is 1. The van der Waals surface area contributed by atoms with Crippen molar-refractivity contribution in [3.8, 4) is 5.69 Å². The quantitative estimate of drug-likeness (QED) is 0.586. The van der Waals surface area contributed by atoms with Crippen LogP contribution in [0.1, 0.15) is 30.0 Å². The van der Waals surface area contributed by atoms with Crippen molar-refractivity contribution >= 4 is 17.6 Å². The Kier molecular flexibility index (Phi) is 5.65. The molecule has 0 saturated heterocycles. The number of aromatic nitrogens is 3. The van der Waals surface area contributed by atoms with Crippen LogP contribution in [0.15, 0.2) is 24.3 Å². The van der Waals surface area contributed by atoms with Crippen molar-refractivity contribution < 1.29 is 19.6 Å². The number of non-ortho nitro benzene ring substituents is 1. The van der Waals surface area contributed by atoms with Crippen molar-refractivity contribution in [2.45, 2.75) is 20.8 Å². The van der Waals surface area contributed by atoms with Crippen LogP contribution in [0.4, 0.5) is 5.69 Å². The van der Waals surface area contributed by atoms with E-state index in [4.69, 9.17) is 5.11 Å². The topological polar surface area (TPSA) is 131 Å². The van der Waals surface area contributed by atoms with Gasteiger partial charge in [-0.05, 0) is 18.9 Å². The van der Waals surface area contributed by atoms with E-state index in [-0.39, 0.29) is 23.8 Å². The Morgan fingerprint density at radius 3 is 2.65 bits per heavy atom. The lowest BCUT2D eigenvalue weighted by Gasteiger charge is -2.21. The second-order valence-electron chi connectivity index (χ2n) is 6.19. The Labute approximate surface area is 149 Å². The molecular weight excluding hydrogens is 342 g/mol. The van der Waals surface area contributed by atoms with Gasteiger partial charge in [0, 0.05) is 18.7 Å². The van der Waals surface area contributed by atoms with Gasteiger partial charge in [0.2, 0.25) is 0 Å². The first-order chi connectivity index (χ1) is 12.2. The van der Waals surface area contributed by atoms with Gasteiger partial charge < -0.3 is 10.0 Å². The summed E-state index contributed by atoms with van der Waals surface area (Å²) in [6, 6.07) is 5.77. The summed E-state index contributed by atoms with van der Waals surface area (Å²) < 4.78 is 1.31. The van der Waals surface area contributed by atoms with Crippen LogP contribution in [0.25, 0.3) is 5.69 Å². The molecule has 0 bridgehead atoms. The van der Waals surface area contributed by atoms with E-state index in [0.29, 0.717) is 11.4 Å². The highest BCUT2D eigenvalue weighted by atomic mass is 16.6. The zero-order chi connectivity index (χ0) is 19.4. The number of hydrogen-bond acceptors (Lipinski definition) is 6. The number of aliphatic carboxylic acids is 1. The van der Waals surface area contributed by atoms with E-state index in [2.05, 4.69) is 10.3 Å². The predicted molar refractivity (Wildman–Crippen MR) is 91.1 cm³/mol. The molecule has 0 fully saturated rings. The number of hydrogen-bond donors (Lipinski definition) is 1. The van der Waals surface area contributed by atoms with Crippen molar-refractivity contribution in [3.05, 3.63) is 45.8 Å². The molecule has 0 spiro atoms. The van der Waals surface area contributed by atoms with E-state index in [1.54, 1.807) is 13.0 Å². The molecule has 0 atom stereocenters. The Bertz CT molecular complexity index is 845. The van der Waals surface area contributed by atoms with Crippen molar-refractivity contribution in [1.29, 1.82) is 0 Å². The van der Waals surface area contributed by atoms with Crippen LogP contribution in [-0.4, -0.2) is 54.9 Å². The fraction of sp³-hybridized carbons (Fsp3) is 0.375. The maximum atomic E-state index is 12.7. The highest BCUT2D eigenvalue weighted by Crippen LogP contribution is 2.19. The molecular formula is C16H19N5O5. The number of amides is 1. The average Bonchev–Trinajstić information content (AvgIpc) is 2.94. The Morgan fingerprint density at radius 1 is 1.38 bits per heavy atom. The van der Waals surface area contributed by atoms with Gasteiger partial charge >= 0.3 is 5.97 Å². The molecule has 10 heteroatoms. The van der Waals surface area contributed by atoms with Gasteiger partial charge in [0.05, 0.1) is 16.3 Å². The van der Waals surface area contributed by atoms with E-state index in [9.17, 15) is 19.7 Å². The fourth-order valence-corrected chi connectivity index (χ4v) is 2.48. The third kappa shape index (κ3) is 4.21. The van der Waals surface area contributed by atoms with Crippen molar-refractivity contribution in [1.82, 2.24) is 19.9 Å². The number of carboxylic acid groups (broad SMARTS) is 1. The van der Waals surface area contributed by atoms with Crippen LogP contribution in [0, 0.1) is 23.0 Å². The monoisotopic (exact) mass is 361 g/mol. The van der Waals surface area contributed by atoms with Crippen LogP contribution < -0.4 is 0 Å². The van der Waals surface area contributed by atoms with Crippen molar-refractivity contribution in [2.75, 3.05) is 13.1 Å². The van der Waals surface area contributed by atoms with E-state index < -0.39 is 23.3 Å². The number of rotatable bonds is 7. The first-order valence-corrected chi connectivity index (χ1v) is 7.89. The fourth-order valence-electron chi connectivity index (χ4n) is 2.48. The maximum Gasteiger partial charge on any atom is 0.323 e. The minimum absolute atomic E-state index is 0.0124. The molecule has 1 heterocycles. The summed E-state index contributed by atoms with van der Waals surface area (Å²) in [6.45, 7) is 5.15. The summed E-state index contributed by atoms with van der Waals surface area (Å²) in [6.07, 6.45) is 0. The van der Waals surface area contributed by atoms with Crippen LogP contribution in [0.3, 0.4) is 0 Å². The Hall–Kier alpha value is -3.30. The SMILES string of the molecule is Cc1c(C(=O)N(CC(=O)O)CC(C)C)nnn1-c1cccc([N+](=O)[O-])c1. The summed E-state index contributed by atoms with van der Waals surface area (Å²) >= 11 is 0. The molecule has 0 aliphatic carbocycles. The van der Waals surface area contributed by atoms with Gasteiger partial charge in [-0.25, -0.2) is 4.68 Å². The smallest absolute Gasteiger partial charge is 0.323 e. The molecule has 0 unspecified atom stereocenters. The molecule has 0 aliphatic heterocycles. The third-order valence-electron chi connectivity index (χ3n) is 3.58. The maximum absolute atomic E-state index is 12.7. The largest absolute Gasteiger partial charge is 0.480 e. The number of benzene rings is 1. The Morgan fingerprint density at radius 2 is 2.08 bits per heavy atom. The number of carbonyl (C=O) groups is 2. The normalized spacial score (nSPS) is 10.8.